The van der Waals surface area contributed by atoms with Gasteiger partial charge in [-0.15, -0.1) is 0 Å². The lowest BCUT2D eigenvalue weighted by atomic mass is 10.2. The van der Waals surface area contributed by atoms with Crippen LogP contribution in [0.25, 0.3) is 10.9 Å². The number of rotatable bonds is 5. The molecule has 0 atom stereocenters. The Morgan fingerprint density at radius 1 is 1.26 bits per heavy atom. The highest BCUT2D eigenvalue weighted by Gasteiger charge is 2.18. The van der Waals surface area contributed by atoms with E-state index in [1.54, 1.807) is 22.9 Å². The molecule has 0 spiro atoms. The molecular formula is C18H14BrN3O5. The highest BCUT2D eigenvalue weighted by molar-refractivity contribution is 9.10. The summed E-state index contributed by atoms with van der Waals surface area (Å²) in [5, 5.41) is 14.4. The average Bonchev–Trinajstić information content (AvgIpc) is 3.27. The molecule has 2 aromatic carbocycles. The van der Waals surface area contributed by atoms with Crippen LogP contribution in [0.2, 0.25) is 0 Å². The maximum atomic E-state index is 12.3. The number of nitro groups is 1. The van der Waals surface area contributed by atoms with Crippen molar-refractivity contribution in [2.75, 3.05) is 6.79 Å². The van der Waals surface area contributed by atoms with Crippen LogP contribution in [-0.4, -0.2) is 22.2 Å². The fourth-order valence-corrected chi connectivity index (χ4v) is 3.58. The number of non-ortho nitro benzene ring substituents is 1. The van der Waals surface area contributed by atoms with E-state index in [4.69, 9.17) is 9.47 Å². The van der Waals surface area contributed by atoms with E-state index in [0.29, 0.717) is 18.0 Å². The van der Waals surface area contributed by atoms with Gasteiger partial charge >= 0.3 is 0 Å². The minimum atomic E-state index is -0.438. The molecule has 3 aromatic rings. The molecule has 0 fully saturated rings. The lowest BCUT2D eigenvalue weighted by Gasteiger charge is -2.09. The fraction of sp³-hybridized carbons (Fsp3) is 0.167. The van der Waals surface area contributed by atoms with E-state index in [-0.39, 0.29) is 24.9 Å². The van der Waals surface area contributed by atoms with Gasteiger partial charge in [-0.3, -0.25) is 14.9 Å². The molecule has 0 radical (unpaired) electrons. The summed E-state index contributed by atoms with van der Waals surface area (Å²) in [6.07, 6.45) is 1.74. The van der Waals surface area contributed by atoms with Crippen LogP contribution in [0.15, 0.2) is 47.1 Å². The standard InChI is InChI=1S/C18H14BrN3O5/c19-14-5-11(6-16-18(14)27-10-26-16)8-20-17(23)9-21-4-3-12-7-13(22(24)25)1-2-15(12)21/h1-7H,8-10H2,(H,20,23). The molecule has 2 heterocycles. The molecule has 4 rings (SSSR count). The monoisotopic (exact) mass is 431 g/mol. The number of aromatic nitrogens is 1. The Morgan fingerprint density at radius 3 is 2.93 bits per heavy atom. The van der Waals surface area contributed by atoms with Gasteiger partial charge in [0.1, 0.15) is 6.54 Å². The van der Waals surface area contributed by atoms with Gasteiger partial charge in [0.05, 0.1) is 9.40 Å². The van der Waals surface area contributed by atoms with Crippen molar-refractivity contribution in [2.24, 2.45) is 0 Å². The van der Waals surface area contributed by atoms with Gasteiger partial charge < -0.3 is 19.4 Å². The molecule has 0 saturated heterocycles. The lowest BCUT2D eigenvalue weighted by molar-refractivity contribution is -0.384. The van der Waals surface area contributed by atoms with E-state index >= 15 is 0 Å². The summed E-state index contributed by atoms with van der Waals surface area (Å²) in [6, 6.07) is 10.0. The predicted molar refractivity (Wildman–Crippen MR) is 101 cm³/mol. The van der Waals surface area contributed by atoms with Gasteiger partial charge in [-0.05, 0) is 45.8 Å². The smallest absolute Gasteiger partial charge is 0.270 e. The van der Waals surface area contributed by atoms with Gasteiger partial charge in [-0.2, -0.15) is 0 Å². The molecule has 27 heavy (non-hydrogen) atoms. The van der Waals surface area contributed by atoms with Crippen LogP contribution >= 0.6 is 15.9 Å². The average molecular weight is 432 g/mol. The van der Waals surface area contributed by atoms with Gasteiger partial charge in [-0.25, -0.2) is 0 Å². The molecule has 1 aliphatic heterocycles. The zero-order chi connectivity index (χ0) is 19.0. The first-order valence-electron chi connectivity index (χ1n) is 8.09. The summed E-state index contributed by atoms with van der Waals surface area (Å²) in [4.78, 5) is 22.7. The number of hydrogen-bond donors (Lipinski definition) is 1. The Bertz CT molecular complexity index is 1060. The summed E-state index contributed by atoms with van der Waals surface area (Å²) in [6.45, 7) is 0.647. The molecule has 0 bridgehead atoms. The van der Waals surface area contributed by atoms with Crippen LogP contribution in [0.5, 0.6) is 11.5 Å². The number of hydrogen-bond acceptors (Lipinski definition) is 5. The van der Waals surface area contributed by atoms with Gasteiger partial charge in [-0.1, -0.05) is 0 Å². The largest absolute Gasteiger partial charge is 0.454 e. The van der Waals surface area contributed by atoms with Crippen LogP contribution in [0.1, 0.15) is 5.56 Å². The molecule has 138 valence electrons. The topological polar surface area (TPSA) is 95.6 Å². The molecule has 0 saturated carbocycles. The van der Waals surface area contributed by atoms with Crippen LogP contribution in [0, 0.1) is 10.1 Å². The van der Waals surface area contributed by atoms with Gasteiger partial charge in [0.15, 0.2) is 11.5 Å². The second-order valence-corrected chi connectivity index (χ2v) is 6.89. The summed E-state index contributed by atoms with van der Waals surface area (Å²) in [5.41, 5.74) is 1.67. The van der Waals surface area contributed by atoms with Crippen molar-refractivity contribution in [3.05, 3.63) is 62.7 Å². The molecule has 1 N–H and O–H groups in total. The number of amides is 1. The first kappa shape index (κ1) is 17.3. The van der Waals surface area contributed by atoms with E-state index in [1.165, 1.54) is 12.1 Å². The molecule has 1 amide bonds. The number of carbonyl (C=O) groups is 1. The normalized spacial score (nSPS) is 12.3. The molecule has 9 heteroatoms. The van der Waals surface area contributed by atoms with E-state index in [0.717, 1.165) is 20.9 Å². The van der Waals surface area contributed by atoms with Crippen molar-refractivity contribution in [2.45, 2.75) is 13.1 Å². The zero-order valence-corrected chi connectivity index (χ0v) is 15.6. The fourth-order valence-electron chi connectivity index (χ4n) is 2.97. The maximum Gasteiger partial charge on any atom is 0.270 e. The Kier molecular flexibility index (Phi) is 4.44. The second-order valence-electron chi connectivity index (χ2n) is 6.03. The van der Waals surface area contributed by atoms with Crippen molar-refractivity contribution in [1.29, 1.82) is 0 Å². The molecule has 1 aliphatic rings. The summed E-state index contributed by atoms with van der Waals surface area (Å²) in [5.74, 6) is 1.14. The number of carbonyl (C=O) groups excluding carboxylic acids is 1. The van der Waals surface area contributed by atoms with Gasteiger partial charge in [0.25, 0.3) is 5.69 Å². The van der Waals surface area contributed by atoms with E-state index < -0.39 is 4.92 Å². The Balaban J connectivity index is 1.43. The highest BCUT2D eigenvalue weighted by Crippen LogP contribution is 2.39. The number of nitro benzene ring substituents is 1. The minimum absolute atomic E-state index is 0.0260. The number of fused-ring (bicyclic) bond motifs is 2. The summed E-state index contributed by atoms with van der Waals surface area (Å²) >= 11 is 3.43. The van der Waals surface area contributed by atoms with E-state index in [9.17, 15) is 14.9 Å². The third-order valence-electron chi connectivity index (χ3n) is 4.26. The zero-order valence-electron chi connectivity index (χ0n) is 14.0. The van der Waals surface area contributed by atoms with Gasteiger partial charge in [0.2, 0.25) is 12.7 Å². The number of halogens is 1. The van der Waals surface area contributed by atoms with E-state index in [1.807, 2.05) is 12.1 Å². The molecular weight excluding hydrogens is 418 g/mol. The summed E-state index contributed by atoms with van der Waals surface area (Å²) < 4.78 is 13.2. The van der Waals surface area contributed by atoms with Crippen LogP contribution < -0.4 is 14.8 Å². The Hall–Kier alpha value is -3.07. The Labute approximate surface area is 162 Å². The SMILES string of the molecule is O=C(Cn1ccc2cc([N+](=O)[O-])ccc21)NCc1cc(Br)c2c(c1)OCO2. The van der Waals surface area contributed by atoms with Crippen LogP contribution in [0.4, 0.5) is 5.69 Å². The Morgan fingerprint density at radius 2 is 2.11 bits per heavy atom. The number of benzene rings is 2. The van der Waals surface area contributed by atoms with Crippen molar-refractivity contribution < 1.29 is 19.2 Å². The van der Waals surface area contributed by atoms with Crippen LogP contribution in [0.3, 0.4) is 0 Å². The molecule has 8 nitrogen and oxygen atoms in total. The first-order chi connectivity index (χ1) is 13.0. The number of nitrogens with one attached hydrogen (secondary N) is 1. The minimum Gasteiger partial charge on any atom is -0.454 e. The predicted octanol–water partition coefficient (Wildman–Crippen LogP) is 3.36. The van der Waals surface area contributed by atoms with Crippen molar-refractivity contribution in [3.8, 4) is 11.5 Å². The highest BCUT2D eigenvalue weighted by atomic mass is 79.9. The number of ether oxygens (including phenoxy) is 2. The molecule has 1 aromatic heterocycles. The molecule has 0 aliphatic carbocycles. The third-order valence-corrected chi connectivity index (χ3v) is 4.85. The second kappa shape index (κ2) is 6.92. The number of nitrogens with zero attached hydrogens (tertiary/aromatic N) is 2. The van der Waals surface area contributed by atoms with Crippen molar-refractivity contribution >= 4 is 38.4 Å². The van der Waals surface area contributed by atoms with Crippen molar-refractivity contribution in [1.82, 2.24) is 9.88 Å². The summed E-state index contributed by atoms with van der Waals surface area (Å²) in [7, 11) is 0. The van der Waals surface area contributed by atoms with E-state index in [2.05, 4.69) is 21.2 Å². The van der Waals surface area contributed by atoms with Crippen molar-refractivity contribution in [3.63, 3.8) is 0 Å². The van der Waals surface area contributed by atoms with Crippen LogP contribution in [-0.2, 0) is 17.9 Å². The quantitative estimate of drug-likeness (QED) is 0.493. The molecule has 0 unspecified atom stereocenters. The lowest BCUT2D eigenvalue weighted by Crippen LogP contribution is -2.26. The van der Waals surface area contributed by atoms with Gasteiger partial charge in [0, 0.05) is 35.8 Å². The third kappa shape index (κ3) is 3.45. The maximum absolute atomic E-state index is 12.3. The first-order valence-corrected chi connectivity index (χ1v) is 8.88.